The summed E-state index contributed by atoms with van der Waals surface area (Å²) < 4.78 is 5.19. The number of carbonyl (C=O) groups excluding carboxylic acids is 1. The normalized spacial score (nSPS) is 20.2. The molecular formula is C18H18ClNO3S. The van der Waals surface area contributed by atoms with E-state index in [1.165, 1.54) is 0 Å². The van der Waals surface area contributed by atoms with Gasteiger partial charge in [-0.1, -0.05) is 24.3 Å². The molecule has 3 rings (SSSR count). The van der Waals surface area contributed by atoms with Gasteiger partial charge in [0.1, 0.15) is 11.6 Å². The van der Waals surface area contributed by atoms with Crippen molar-refractivity contribution in [3.05, 3.63) is 54.1 Å². The average molecular weight is 364 g/mol. The van der Waals surface area contributed by atoms with Crippen LogP contribution in [0.4, 0.5) is 5.69 Å². The summed E-state index contributed by atoms with van der Waals surface area (Å²) in [6.07, 6.45) is -0.706. The zero-order valence-corrected chi connectivity index (χ0v) is 14.8. The molecule has 24 heavy (non-hydrogen) atoms. The summed E-state index contributed by atoms with van der Waals surface area (Å²) in [5.41, 5.74) is 1.78. The zero-order chi connectivity index (χ0) is 17.1. The molecule has 4 nitrogen and oxygen atoms in total. The van der Waals surface area contributed by atoms with Crippen LogP contribution in [0.2, 0.25) is 0 Å². The molecule has 0 radical (unpaired) electrons. The molecule has 2 aromatic rings. The van der Waals surface area contributed by atoms with Gasteiger partial charge in [-0.15, -0.1) is 23.4 Å². The summed E-state index contributed by atoms with van der Waals surface area (Å²) in [5, 5.41) is 10.6. The highest BCUT2D eigenvalue weighted by Crippen LogP contribution is 2.45. The second-order valence-electron chi connectivity index (χ2n) is 5.48. The summed E-state index contributed by atoms with van der Waals surface area (Å²) in [4.78, 5) is 14.7. The fourth-order valence-corrected chi connectivity index (χ4v) is 4.18. The van der Waals surface area contributed by atoms with Crippen molar-refractivity contribution in [1.82, 2.24) is 0 Å². The van der Waals surface area contributed by atoms with Gasteiger partial charge in [0.2, 0.25) is 5.91 Å². The Morgan fingerprint density at radius 1 is 1.29 bits per heavy atom. The van der Waals surface area contributed by atoms with Crippen LogP contribution in [0.3, 0.4) is 0 Å². The van der Waals surface area contributed by atoms with Gasteiger partial charge in [-0.05, 0) is 29.8 Å². The maximum absolute atomic E-state index is 12.2. The molecule has 2 atom stereocenters. The van der Waals surface area contributed by atoms with E-state index in [-0.39, 0.29) is 23.6 Å². The molecule has 0 fully saturated rings. The number of amides is 1. The lowest BCUT2D eigenvalue weighted by molar-refractivity contribution is -0.116. The number of carbonyl (C=O) groups is 1. The Hall–Kier alpha value is -1.69. The quantitative estimate of drug-likeness (QED) is 0.848. The number of hydrogen-bond donors (Lipinski definition) is 1. The molecule has 2 aromatic carbocycles. The minimum atomic E-state index is -0.706. The first-order chi connectivity index (χ1) is 11.6. The number of methoxy groups -OCH3 is 1. The van der Waals surface area contributed by atoms with Crippen LogP contribution < -0.4 is 9.64 Å². The third-order valence-electron chi connectivity index (χ3n) is 3.99. The number of hydrogen-bond acceptors (Lipinski definition) is 4. The lowest BCUT2D eigenvalue weighted by atomic mass is 10.1. The number of aliphatic hydroxyl groups is 1. The van der Waals surface area contributed by atoms with Gasteiger partial charge >= 0.3 is 0 Å². The molecule has 1 amide bonds. The smallest absolute Gasteiger partial charge is 0.242 e. The van der Waals surface area contributed by atoms with Crippen LogP contribution in [0.5, 0.6) is 5.75 Å². The Morgan fingerprint density at radius 2 is 2.00 bits per heavy atom. The Bertz CT molecular complexity index is 722. The molecule has 1 aliphatic rings. The van der Waals surface area contributed by atoms with E-state index in [2.05, 4.69) is 0 Å². The van der Waals surface area contributed by atoms with Crippen LogP contribution in [0.1, 0.15) is 10.8 Å². The van der Waals surface area contributed by atoms with Crippen molar-refractivity contribution in [2.24, 2.45) is 0 Å². The molecule has 0 spiro atoms. The molecule has 1 aliphatic heterocycles. The Morgan fingerprint density at radius 3 is 2.67 bits per heavy atom. The van der Waals surface area contributed by atoms with Gasteiger partial charge in [0.25, 0.3) is 0 Å². The lowest BCUT2D eigenvalue weighted by Crippen LogP contribution is -2.39. The number of ether oxygens (including phenoxy) is 1. The number of nitrogens with zero attached hydrogens (tertiary/aromatic N) is 1. The van der Waals surface area contributed by atoms with Crippen LogP contribution in [-0.2, 0) is 4.79 Å². The van der Waals surface area contributed by atoms with Crippen LogP contribution >= 0.6 is 23.4 Å². The molecular weight excluding hydrogens is 346 g/mol. The SMILES string of the molecule is COc1ccc([C@@H]2Sc3ccccc3N(C(=O)CCl)C[C@H]2O)cc1. The predicted molar refractivity (Wildman–Crippen MR) is 97.1 cm³/mol. The van der Waals surface area contributed by atoms with Gasteiger partial charge in [0.15, 0.2) is 0 Å². The van der Waals surface area contributed by atoms with E-state index < -0.39 is 6.10 Å². The zero-order valence-electron chi connectivity index (χ0n) is 13.2. The largest absolute Gasteiger partial charge is 0.497 e. The number of rotatable bonds is 3. The molecule has 126 valence electrons. The molecule has 6 heteroatoms. The Kier molecular flexibility index (Phi) is 5.33. The fraction of sp³-hybridized carbons (Fsp3) is 0.278. The van der Waals surface area contributed by atoms with E-state index in [1.807, 2.05) is 48.5 Å². The number of alkyl halides is 1. The van der Waals surface area contributed by atoms with E-state index in [0.29, 0.717) is 0 Å². The van der Waals surface area contributed by atoms with Gasteiger partial charge in [-0.25, -0.2) is 0 Å². The van der Waals surface area contributed by atoms with Gasteiger partial charge in [-0.2, -0.15) is 0 Å². The third-order valence-corrected chi connectivity index (χ3v) is 5.66. The minimum absolute atomic E-state index is 0.112. The monoisotopic (exact) mass is 363 g/mol. The number of β-amino-alcohol motifs (C(OH)–C–C–N with tert-alkyl or cyclic N) is 1. The number of aliphatic hydroxyl groups excluding tert-OH is 1. The van der Waals surface area contributed by atoms with Gasteiger partial charge in [0.05, 0.1) is 30.7 Å². The van der Waals surface area contributed by atoms with Gasteiger partial charge in [0, 0.05) is 4.90 Å². The van der Waals surface area contributed by atoms with Crippen molar-refractivity contribution in [2.45, 2.75) is 16.2 Å². The van der Waals surface area contributed by atoms with Gasteiger partial charge in [-0.3, -0.25) is 4.79 Å². The number of anilines is 1. The minimum Gasteiger partial charge on any atom is -0.497 e. The van der Waals surface area contributed by atoms with Crippen molar-refractivity contribution >= 4 is 35.0 Å². The summed E-state index contributed by atoms with van der Waals surface area (Å²) in [6.45, 7) is 0.215. The standard InChI is InChI=1S/C18H18ClNO3S/c1-23-13-8-6-12(7-9-13)18-15(21)11-20(17(22)10-19)14-4-2-3-5-16(14)24-18/h2-9,15,18,21H,10-11H2,1H3/t15-,18+/m1/s1. The molecule has 0 aliphatic carbocycles. The first kappa shape index (κ1) is 17.1. The number of benzene rings is 2. The Balaban J connectivity index is 1.98. The van der Waals surface area contributed by atoms with Crippen molar-refractivity contribution in [1.29, 1.82) is 0 Å². The van der Waals surface area contributed by atoms with Crippen LogP contribution in [0, 0.1) is 0 Å². The maximum atomic E-state index is 12.2. The molecule has 0 saturated heterocycles. The summed E-state index contributed by atoms with van der Waals surface area (Å²) in [5.74, 6) is 0.448. The second kappa shape index (κ2) is 7.47. The highest BCUT2D eigenvalue weighted by molar-refractivity contribution is 7.99. The number of halogens is 1. The number of thioether (sulfide) groups is 1. The van der Waals surface area contributed by atoms with E-state index in [1.54, 1.807) is 23.8 Å². The fourth-order valence-electron chi connectivity index (χ4n) is 2.77. The number of fused-ring (bicyclic) bond motifs is 1. The van der Waals surface area contributed by atoms with Crippen molar-refractivity contribution in [2.75, 3.05) is 24.4 Å². The van der Waals surface area contributed by atoms with E-state index in [0.717, 1.165) is 21.9 Å². The molecule has 0 saturated carbocycles. The lowest BCUT2D eigenvalue weighted by Gasteiger charge is -2.24. The molecule has 0 unspecified atom stereocenters. The Labute approximate surface area is 150 Å². The first-order valence-electron chi connectivity index (χ1n) is 7.58. The highest BCUT2D eigenvalue weighted by Gasteiger charge is 2.32. The summed E-state index contributed by atoms with van der Waals surface area (Å²) in [6, 6.07) is 15.3. The van der Waals surface area contributed by atoms with E-state index in [4.69, 9.17) is 16.3 Å². The third kappa shape index (κ3) is 3.38. The summed E-state index contributed by atoms with van der Waals surface area (Å²) in [7, 11) is 1.62. The van der Waals surface area contributed by atoms with Crippen molar-refractivity contribution in [3.63, 3.8) is 0 Å². The second-order valence-corrected chi connectivity index (χ2v) is 6.94. The highest BCUT2D eigenvalue weighted by atomic mass is 35.5. The average Bonchev–Trinajstić information content (AvgIpc) is 2.78. The molecule has 1 N–H and O–H groups in total. The number of para-hydroxylation sites is 1. The van der Waals surface area contributed by atoms with E-state index in [9.17, 15) is 9.90 Å². The van der Waals surface area contributed by atoms with Crippen LogP contribution in [0.15, 0.2) is 53.4 Å². The predicted octanol–water partition coefficient (Wildman–Crippen LogP) is 3.47. The van der Waals surface area contributed by atoms with Gasteiger partial charge < -0.3 is 14.7 Å². The first-order valence-corrected chi connectivity index (χ1v) is 8.99. The van der Waals surface area contributed by atoms with E-state index >= 15 is 0 Å². The topological polar surface area (TPSA) is 49.8 Å². The molecule has 1 heterocycles. The van der Waals surface area contributed by atoms with Crippen molar-refractivity contribution in [3.8, 4) is 5.75 Å². The molecule has 0 bridgehead atoms. The van der Waals surface area contributed by atoms with Crippen molar-refractivity contribution < 1.29 is 14.6 Å². The maximum Gasteiger partial charge on any atom is 0.242 e. The summed E-state index contributed by atoms with van der Waals surface area (Å²) >= 11 is 7.30. The van der Waals surface area contributed by atoms with Crippen LogP contribution in [0.25, 0.3) is 0 Å². The molecule has 0 aromatic heterocycles. The van der Waals surface area contributed by atoms with Crippen LogP contribution in [-0.4, -0.2) is 36.7 Å².